The van der Waals surface area contributed by atoms with E-state index in [2.05, 4.69) is 41.3 Å². The summed E-state index contributed by atoms with van der Waals surface area (Å²) in [6, 6.07) is 8.49. The lowest BCUT2D eigenvalue weighted by molar-refractivity contribution is 0.227. The molecule has 0 bridgehead atoms. The molecular weight excluding hydrogens is 148 g/mol. The first kappa shape index (κ1) is 7.37. The Morgan fingerprint density at radius 1 is 1.25 bits per heavy atom. The van der Waals surface area contributed by atoms with Gasteiger partial charge in [0.05, 0.1) is 0 Å². The van der Waals surface area contributed by atoms with Gasteiger partial charge in [-0.1, -0.05) is 30.8 Å². The van der Waals surface area contributed by atoms with Crippen molar-refractivity contribution in [1.82, 2.24) is 10.4 Å². The van der Waals surface area contributed by atoms with Crippen molar-refractivity contribution in [2.45, 2.75) is 13.1 Å². The van der Waals surface area contributed by atoms with Crippen LogP contribution in [0.5, 0.6) is 0 Å². The van der Waals surface area contributed by atoms with E-state index in [9.17, 15) is 0 Å². The highest BCUT2D eigenvalue weighted by Crippen LogP contribution is 2.19. The Morgan fingerprint density at radius 3 is 2.33 bits per heavy atom. The molecular formula is C10H12N2. The van der Waals surface area contributed by atoms with Gasteiger partial charge in [0.15, 0.2) is 0 Å². The molecule has 0 unspecified atom stereocenters. The molecule has 0 fully saturated rings. The van der Waals surface area contributed by atoms with Gasteiger partial charge in [0.25, 0.3) is 0 Å². The number of fused-ring (bicyclic) bond motifs is 1. The van der Waals surface area contributed by atoms with Crippen molar-refractivity contribution in [3.8, 4) is 0 Å². The summed E-state index contributed by atoms with van der Waals surface area (Å²) in [5.74, 6) is 0. The molecule has 1 aromatic carbocycles. The molecule has 0 aliphatic carbocycles. The van der Waals surface area contributed by atoms with Crippen molar-refractivity contribution in [1.29, 1.82) is 0 Å². The van der Waals surface area contributed by atoms with E-state index >= 15 is 0 Å². The molecule has 2 nitrogen and oxygen atoms in total. The molecule has 1 aromatic rings. The van der Waals surface area contributed by atoms with Crippen LogP contribution in [0, 0.1) is 0 Å². The van der Waals surface area contributed by atoms with Crippen molar-refractivity contribution >= 4 is 0 Å². The highest BCUT2D eigenvalue weighted by atomic mass is 15.5. The molecule has 62 valence electrons. The van der Waals surface area contributed by atoms with Crippen LogP contribution in [0.15, 0.2) is 37.0 Å². The zero-order valence-electron chi connectivity index (χ0n) is 6.96. The molecule has 0 amide bonds. The second-order valence-corrected chi connectivity index (χ2v) is 2.96. The average molecular weight is 160 g/mol. The third-order valence-corrected chi connectivity index (χ3v) is 2.11. The first-order valence-electron chi connectivity index (χ1n) is 4.09. The quantitative estimate of drug-likeness (QED) is 0.707. The van der Waals surface area contributed by atoms with Gasteiger partial charge >= 0.3 is 0 Å². The maximum atomic E-state index is 3.63. The second kappa shape index (κ2) is 2.99. The van der Waals surface area contributed by atoms with E-state index < -0.39 is 0 Å². The Hall–Kier alpha value is -1.28. The van der Waals surface area contributed by atoms with Gasteiger partial charge in [0, 0.05) is 19.3 Å². The van der Waals surface area contributed by atoms with Crippen LogP contribution in [0.2, 0.25) is 0 Å². The van der Waals surface area contributed by atoms with Crippen LogP contribution < -0.4 is 5.43 Å². The minimum absolute atomic E-state index is 0.974. The van der Waals surface area contributed by atoms with E-state index in [0.717, 1.165) is 13.1 Å². The fourth-order valence-electron chi connectivity index (χ4n) is 1.55. The molecule has 0 aromatic heterocycles. The minimum atomic E-state index is 0.974. The van der Waals surface area contributed by atoms with Gasteiger partial charge in [-0.2, -0.15) is 0 Å². The minimum Gasteiger partial charge on any atom is -0.326 e. The Morgan fingerprint density at radius 2 is 1.83 bits per heavy atom. The van der Waals surface area contributed by atoms with Gasteiger partial charge < -0.3 is 5.43 Å². The molecule has 2 heteroatoms. The molecule has 0 radical (unpaired) electrons. The normalized spacial score (nSPS) is 15.7. The fraction of sp³-hybridized carbons (Fsp3) is 0.200. The average Bonchev–Trinajstić information content (AvgIpc) is 2.47. The van der Waals surface area contributed by atoms with Crippen LogP contribution in [0.1, 0.15) is 11.1 Å². The summed E-state index contributed by atoms with van der Waals surface area (Å²) in [7, 11) is 0. The standard InChI is InChI=1S/C10H12N2/c1-2-11-12-7-9-5-3-4-6-10(9)8-12/h2-6,11H,1,7-8H2. The van der Waals surface area contributed by atoms with Gasteiger partial charge in [-0.05, 0) is 11.1 Å². The van der Waals surface area contributed by atoms with E-state index in [1.54, 1.807) is 6.20 Å². The summed E-state index contributed by atoms with van der Waals surface area (Å²) in [5, 5.41) is 2.14. The highest BCUT2D eigenvalue weighted by Gasteiger charge is 2.16. The van der Waals surface area contributed by atoms with Crippen molar-refractivity contribution in [3.05, 3.63) is 48.2 Å². The molecule has 1 heterocycles. The van der Waals surface area contributed by atoms with E-state index in [1.165, 1.54) is 11.1 Å². The molecule has 0 saturated heterocycles. The van der Waals surface area contributed by atoms with Gasteiger partial charge in [-0.3, -0.25) is 0 Å². The maximum absolute atomic E-state index is 3.63. The number of hydrazine groups is 1. The Balaban J connectivity index is 2.16. The summed E-state index contributed by atoms with van der Waals surface area (Å²) in [6.07, 6.45) is 1.71. The van der Waals surface area contributed by atoms with Crippen LogP contribution in [0.3, 0.4) is 0 Å². The third-order valence-electron chi connectivity index (χ3n) is 2.11. The van der Waals surface area contributed by atoms with Crippen molar-refractivity contribution in [2.24, 2.45) is 0 Å². The Labute approximate surface area is 72.5 Å². The second-order valence-electron chi connectivity index (χ2n) is 2.96. The van der Waals surface area contributed by atoms with Gasteiger partial charge in [-0.15, -0.1) is 0 Å². The molecule has 0 spiro atoms. The topological polar surface area (TPSA) is 15.3 Å². The monoisotopic (exact) mass is 160 g/mol. The summed E-state index contributed by atoms with van der Waals surface area (Å²) in [4.78, 5) is 0. The van der Waals surface area contributed by atoms with E-state index in [4.69, 9.17) is 0 Å². The van der Waals surface area contributed by atoms with Crippen molar-refractivity contribution in [3.63, 3.8) is 0 Å². The SMILES string of the molecule is C=CNN1Cc2ccccc2C1. The molecule has 2 rings (SSSR count). The lowest BCUT2D eigenvalue weighted by Crippen LogP contribution is -2.27. The molecule has 0 atom stereocenters. The molecule has 1 aliphatic rings. The predicted molar refractivity (Wildman–Crippen MR) is 49.0 cm³/mol. The van der Waals surface area contributed by atoms with Crippen LogP contribution in [-0.4, -0.2) is 5.01 Å². The van der Waals surface area contributed by atoms with E-state index in [-0.39, 0.29) is 0 Å². The Bertz CT molecular complexity index is 269. The number of hydrogen-bond acceptors (Lipinski definition) is 2. The molecule has 12 heavy (non-hydrogen) atoms. The summed E-state index contributed by atoms with van der Waals surface area (Å²) in [5.41, 5.74) is 5.91. The third kappa shape index (κ3) is 1.21. The summed E-state index contributed by atoms with van der Waals surface area (Å²) < 4.78 is 0. The van der Waals surface area contributed by atoms with Gasteiger partial charge in [0.2, 0.25) is 0 Å². The fourth-order valence-corrected chi connectivity index (χ4v) is 1.55. The van der Waals surface area contributed by atoms with Crippen LogP contribution in [-0.2, 0) is 13.1 Å². The molecule has 0 saturated carbocycles. The van der Waals surface area contributed by atoms with Crippen LogP contribution in [0.4, 0.5) is 0 Å². The Kier molecular flexibility index (Phi) is 1.84. The lowest BCUT2D eigenvalue weighted by atomic mass is 10.1. The molecule has 1 N–H and O–H groups in total. The first-order chi connectivity index (χ1) is 5.90. The molecule has 1 aliphatic heterocycles. The van der Waals surface area contributed by atoms with E-state index in [1.807, 2.05) is 0 Å². The van der Waals surface area contributed by atoms with Crippen LogP contribution in [0.25, 0.3) is 0 Å². The summed E-state index contributed by atoms with van der Waals surface area (Å²) >= 11 is 0. The lowest BCUT2D eigenvalue weighted by Gasteiger charge is -2.13. The zero-order chi connectivity index (χ0) is 8.39. The maximum Gasteiger partial charge on any atom is 0.0436 e. The number of benzene rings is 1. The first-order valence-corrected chi connectivity index (χ1v) is 4.09. The van der Waals surface area contributed by atoms with E-state index in [0.29, 0.717) is 0 Å². The number of nitrogens with zero attached hydrogens (tertiary/aromatic N) is 1. The number of nitrogens with one attached hydrogen (secondary N) is 1. The number of hydrogen-bond donors (Lipinski definition) is 1. The highest BCUT2D eigenvalue weighted by molar-refractivity contribution is 5.29. The van der Waals surface area contributed by atoms with Crippen molar-refractivity contribution < 1.29 is 0 Å². The van der Waals surface area contributed by atoms with Gasteiger partial charge in [0.1, 0.15) is 0 Å². The van der Waals surface area contributed by atoms with Crippen LogP contribution >= 0.6 is 0 Å². The summed E-state index contributed by atoms with van der Waals surface area (Å²) in [6.45, 7) is 5.58. The number of rotatable bonds is 2. The van der Waals surface area contributed by atoms with Gasteiger partial charge in [-0.25, -0.2) is 5.01 Å². The van der Waals surface area contributed by atoms with Crippen molar-refractivity contribution in [2.75, 3.05) is 0 Å². The predicted octanol–water partition coefficient (Wildman–Crippen LogP) is 1.65. The smallest absolute Gasteiger partial charge is 0.0436 e. The zero-order valence-corrected chi connectivity index (χ0v) is 6.96. The largest absolute Gasteiger partial charge is 0.326 e.